The first-order valence-electron chi connectivity index (χ1n) is 6.94. The number of hydrogen-bond donors (Lipinski definition) is 0. The van der Waals surface area contributed by atoms with Crippen LogP contribution in [0.5, 0.6) is 0 Å². The van der Waals surface area contributed by atoms with E-state index in [-0.39, 0.29) is 17.1 Å². The first-order chi connectivity index (χ1) is 10.2. The monoisotopic (exact) mass is 301 g/mol. The van der Waals surface area contributed by atoms with Gasteiger partial charge in [0.15, 0.2) is 0 Å². The molecule has 1 amide bonds. The van der Waals surface area contributed by atoms with Crippen molar-refractivity contribution in [2.75, 3.05) is 12.3 Å². The second-order valence-electron chi connectivity index (χ2n) is 5.03. The number of nitrogens with zero attached hydrogens (tertiary/aromatic N) is 1. The number of carbonyl (C=O) groups is 1. The molecule has 108 valence electrons. The molecule has 4 heteroatoms. The average Bonchev–Trinajstić information content (AvgIpc) is 2.98. The number of rotatable bonds is 3. The van der Waals surface area contributed by atoms with Crippen molar-refractivity contribution in [3.8, 4) is 0 Å². The zero-order chi connectivity index (χ0) is 14.7. The van der Waals surface area contributed by atoms with Gasteiger partial charge in [-0.25, -0.2) is 4.39 Å². The van der Waals surface area contributed by atoms with E-state index in [1.54, 1.807) is 17.8 Å². The molecule has 0 bridgehead atoms. The standard InChI is InChI=1S/C17H16FNOS/c18-15-8-4-7-14(12-15)17-19(9-10-21-17)16(20)11-13-5-2-1-3-6-13/h1-8,12,17H,9-11H2. The molecule has 1 unspecified atom stereocenters. The second kappa shape index (κ2) is 6.31. The third-order valence-corrected chi connectivity index (χ3v) is 4.80. The number of thioether (sulfide) groups is 1. The Morgan fingerprint density at radius 1 is 1.19 bits per heavy atom. The summed E-state index contributed by atoms with van der Waals surface area (Å²) >= 11 is 1.69. The van der Waals surface area contributed by atoms with Crippen LogP contribution >= 0.6 is 11.8 Å². The second-order valence-corrected chi connectivity index (χ2v) is 6.22. The number of halogens is 1. The predicted octanol–water partition coefficient (Wildman–Crippen LogP) is 3.64. The van der Waals surface area contributed by atoms with E-state index in [1.165, 1.54) is 12.1 Å². The van der Waals surface area contributed by atoms with Crippen LogP contribution in [0.15, 0.2) is 54.6 Å². The van der Waals surface area contributed by atoms with Crippen molar-refractivity contribution in [1.82, 2.24) is 4.90 Å². The number of hydrogen-bond acceptors (Lipinski definition) is 2. The van der Waals surface area contributed by atoms with Crippen molar-refractivity contribution in [3.63, 3.8) is 0 Å². The summed E-state index contributed by atoms with van der Waals surface area (Å²) < 4.78 is 13.4. The largest absolute Gasteiger partial charge is 0.325 e. The summed E-state index contributed by atoms with van der Waals surface area (Å²) in [5.41, 5.74) is 1.87. The van der Waals surface area contributed by atoms with Gasteiger partial charge in [-0.1, -0.05) is 42.5 Å². The average molecular weight is 301 g/mol. The summed E-state index contributed by atoms with van der Waals surface area (Å²) in [7, 11) is 0. The molecule has 0 aliphatic carbocycles. The molecule has 0 radical (unpaired) electrons. The van der Waals surface area contributed by atoms with Crippen LogP contribution in [0, 0.1) is 5.82 Å². The van der Waals surface area contributed by atoms with Crippen LogP contribution in [0.3, 0.4) is 0 Å². The van der Waals surface area contributed by atoms with Gasteiger partial charge in [-0.2, -0.15) is 0 Å². The summed E-state index contributed by atoms with van der Waals surface area (Å²) in [6, 6.07) is 16.3. The van der Waals surface area contributed by atoms with E-state index in [0.717, 1.165) is 23.4 Å². The highest BCUT2D eigenvalue weighted by Gasteiger charge is 2.30. The van der Waals surface area contributed by atoms with Gasteiger partial charge in [0.25, 0.3) is 0 Å². The minimum absolute atomic E-state index is 0.0723. The normalized spacial score (nSPS) is 18.0. The lowest BCUT2D eigenvalue weighted by atomic mass is 10.1. The highest BCUT2D eigenvalue weighted by atomic mass is 32.2. The molecule has 2 nitrogen and oxygen atoms in total. The van der Waals surface area contributed by atoms with Gasteiger partial charge >= 0.3 is 0 Å². The van der Waals surface area contributed by atoms with E-state index in [1.807, 2.05) is 41.3 Å². The molecular formula is C17H16FNOS. The molecule has 0 N–H and O–H groups in total. The van der Waals surface area contributed by atoms with Gasteiger partial charge in [0, 0.05) is 12.3 Å². The Morgan fingerprint density at radius 2 is 2.00 bits per heavy atom. The topological polar surface area (TPSA) is 20.3 Å². The Morgan fingerprint density at radius 3 is 2.76 bits per heavy atom. The molecule has 0 spiro atoms. The Hall–Kier alpha value is -1.81. The molecule has 1 fully saturated rings. The summed E-state index contributed by atoms with van der Waals surface area (Å²) in [4.78, 5) is 14.4. The molecule has 1 atom stereocenters. The summed E-state index contributed by atoms with van der Waals surface area (Å²) in [6.45, 7) is 0.720. The summed E-state index contributed by atoms with van der Waals surface area (Å²) in [5.74, 6) is 0.734. The zero-order valence-electron chi connectivity index (χ0n) is 11.5. The Bertz CT molecular complexity index is 632. The van der Waals surface area contributed by atoms with Gasteiger partial charge in [-0.05, 0) is 23.3 Å². The lowest BCUT2D eigenvalue weighted by Gasteiger charge is -2.24. The van der Waals surface area contributed by atoms with Crippen molar-refractivity contribution in [2.45, 2.75) is 11.8 Å². The van der Waals surface area contributed by atoms with Gasteiger partial charge in [0.1, 0.15) is 11.2 Å². The van der Waals surface area contributed by atoms with Crippen molar-refractivity contribution < 1.29 is 9.18 Å². The van der Waals surface area contributed by atoms with Crippen LogP contribution in [0.1, 0.15) is 16.5 Å². The first-order valence-corrected chi connectivity index (χ1v) is 7.99. The van der Waals surface area contributed by atoms with Crippen molar-refractivity contribution >= 4 is 17.7 Å². The lowest BCUT2D eigenvalue weighted by Crippen LogP contribution is -2.31. The molecule has 1 aliphatic heterocycles. The first kappa shape index (κ1) is 14.1. The van der Waals surface area contributed by atoms with E-state index < -0.39 is 0 Å². The van der Waals surface area contributed by atoms with Crippen molar-refractivity contribution in [1.29, 1.82) is 0 Å². The van der Waals surface area contributed by atoms with Gasteiger partial charge < -0.3 is 4.90 Å². The summed E-state index contributed by atoms with van der Waals surface area (Å²) in [6.07, 6.45) is 0.396. The van der Waals surface area contributed by atoms with Crippen molar-refractivity contribution in [2.24, 2.45) is 0 Å². The van der Waals surface area contributed by atoms with Crippen LogP contribution in [-0.4, -0.2) is 23.1 Å². The maximum atomic E-state index is 13.4. The van der Waals surface area contributed by atoms with Gasteiger partial charge in [0.2, 0.25) is 5.91 Å². The van der Waals surface area contributed by atoms with E-state index in [2.05, 4.69) is 0 Å². The Kier molecular flexibility index (Phi) is 4.25. The molecule has 1 saturated heterocycles. The number of benzene rings is 2. The SMILES string of the molecule is O=C(Cc1ccccc1)N1CCSC1c1cccc(F)c1. The Balaban J connectivity index is 1.76. The minimum atomic E-state index is -0.254. The molecule has 1 aliphatic rings. The van der Waals surface area contributed by atoms with Crippen LogP contribution in [0.25, 0.3) is 0 Å². The molecular weight excluding hydrogens is 285 g/mol. The lowest BCUT2D eigenvalue weighted by molar-refractivity contribution is -0.130. The molecule has 1 heterocycles. The van der Waals surface area contributed by atoms with Crippen LogP contribution in [0.2, 0.25) is 0 Å². The van der Waals surface area contributed by atoms with Crippen LogP contribution in [0.4, 0.5) is 4.39 Å². The Labute approximate surface area is 128 Å². The molecule has 0 saturated carbocycles. The predicted molar refractivity (Wildman–Crippen MR) is 83.5 cm³/mol. The highest BCUT2D eigenvalue weighted by Crippen LogP contribution is 2.38. The fourth-order valence-electron chi connectivity index (χ4n) is 2.53. The molecule has 2 aromatic carbocycles. The van der Waals surface area contributed by atoms with E-state index in [0.29, 0.717) is 6.42 Å². The van der Waals surface area contributed by atoms with Crippen molar-refractivity contribution in [3.05, 3.63) is 71.5 Å². The molecule has 2 aromatic rings. The molecule has 21 heavy (non-hydrogen) atoms. The van der Waals surface area contributed by atoms with E-state index >= 15 is 0 Å². The van der Waals surface area contributed by atoms with Gasteiger partial charge in [-0.3, -0.25) is 4.79 Å². The van der Waals surface area contributed by atoms with Gasteiger partial charge in [0.05, 0.1) is 6.42 Å². The smallest absolute Gasteiger partial charge is 0.228 e. The highest BCUT2D eigenvalue weighted by molar-refractivity contribution is 7.99. The van der Waals surface area contributed by atoms with Crippen LogP contribution < -0.4 is 0 Å². The molecule has 0 aromatic heterocycles. The fourth-order valence-corrected chi connectivity index (χ4v) is 3.80. The minimum Gasteiger partial charge on any atom is -0.325 e. The van der Waals surface area contributed by atoms with Crippen LogP contribution in [-0.2, 0) is 11.2 Å². The maximum absolute atomic E-state index is 13.4. The number of carbonyl (C=O) groups excluding carboxylic acids is 1. The third-order valence-electron chi connectivity index (χ3n) is 3.54. The zero-order valence-corrected chi connectivity index (χ0v) is 12.4. The fraction of sp³-hybridized carbons (Fsp3) is 0.235. The third kappa shape index (κ3) is 3.27. The van der Waals surface area contributed by atoms with Gasteiger partial charge in [-0.15, -0.1) is 11.8 Å². The number of amides is 1. The quantitative estimate of drug-likeness (QED) is 0.862. The van der Waals surface area contributed by atoms with E-state index in [4.69, 9.17) is 0 Å². The molecule has 3 rings (SSSR count). The van der Waals surface area contributed by atoms with E-state index in [9.17, 15) is 9.18 Å². The maximum Gasteiger partial charge on any atom is 0.228 e. The summed E-state index contributed by atoms with van der Waals surface area (Å²) in [5, 5.41) is -0.0723.